The average molecular weight is 297 g/mol. The summed E-state index contributed by atoms with van der Waals surface area (Å²) < 4.78 is 42.2. The van der Waals surface area contributed by atoms with E-state index in [1.165, 1.54) is 12.4 Å². The monoisotopic (exact) mass is 297 g/mol. The van der Waals surface area contributed by atoms with Gasteiger partial charge >= 0.3 is 6.55 Å². The Bertz CT molecular complexity index is 646. The maximum absolute atomic E-state index is 12.7. The largest absolute Gasteiger partial charge is 0.485 e. The first kappa shape index (κ1) is 13.6. The smallest absolute Gasteiger partial charge is 0.320 e. The van der Waals surface area contributed by atoms with Crippen molar-refractivity contribution in [3.63, 3.8) is 0 Å². The van der Waals surface area contributed by atoms with Gasteiger partial charge in [-0.25, -0.2) is 4.98 Å². The Hall–Kier alpha value is -2.35. The lowest BCUT2D eigenvalue weighted by Gasteiger charge is -2.12. The molecule has 0 bridgehead atoms. The van der Waals surface area contributed by atoms with Crippen molar-refractivity contribution >= 4 is 0 Å². The zero-order valence-corrected chi connectivity index (χ0v) is 11.0. The molecule has 1 aliphatic heterocycles. The van der Waals surface area contributed by atoms with Crippen molar-refractivity contribution in [1.29, 1.82) is 0 Å². The summed E-state index contributed by atoms with van der Waals surface area (Å²) in [7, 11) is 0. The van der Waals surface area contributed by atoms with E-state index in [-0.39, 0.29) is 25.8 Å². The van der Waals surface area contributed by atoms with E-state index in [0.717, 1.165) is 4.57 Å². The molecule has 0 aliphatic carbocycles. The van der Waals surface area contributed by atoms with E-state index >= 15 is 0 Å². The molecule has 0 saturated heterocycles. The maximum atomic E-state index is 12.7. The number of rotatable bonds is 5. The van der Waals surface area contributed by atoms with Crippen molar-refractivity contribution in [1.82, 2.24) is 9.55 Å². The molecule has 0 fully saturated rings. The number of benzene rings is 1. The number of hydrogen-bond donors (Lipinski definition) is 1. The first-order valence-corrected chi connectivity index (χ1v) is 6.24. The van der Waals surface area contributed by atoms with Gasteiger partial charge in [0.05, 0.1) is 0 Å². The summed E-state index contributed by atoms with van der Waals surface area (Å²) in [6.45, 7) is -2.38. The van der Waals surface area contributed by atoms with Crippen molar-refractivity contribution in [2.75, 3.05) is 6.79 Å². The van der Waals surface area contributed by atoms with Gasteiger partial charge in [0.2, 0.25) is 6.79 Å². The summed E-state index contributed by atoms with van der Waals surface area (Å²) in [6, 6.07) is 3.36. The van der Waals surface area contributed by atoms with Crippen LogP contribution in [0.4, 0.5) is 8.78 Å². The van der Waals surface area contributed by atoms with Gasteiger partial charge in [0.25, 0.3) is 0 Å². The van der Waals surface area contributed by atoms with Crippen LogP contribution in [0.15, 0.2) is 24.5 Å². The van der Waals surface area contributed by atoms with Crippen LogP contribution in [-0.2, 0) is 13.2 Å². The first-order chi connectivity index (χ1) is 10.2. The van der Waals surface area contributed by atoms with Gasteiger partial charge in [-0.2, -0.15) is 8.78 Å². The molecule has 2 aromatic rings. The fourth-order valence-corrected chi connectivity index (χ4v) is 2.04. The van der Waals surface area contributed by atoms with Crippen LogP contribution < -0.4 is 19.9 Å². The summed E-state index contributed by atoms with van der Waals surface area (Å²) in [6.07, 6.45) is 2.50. The number of fused-ring (bicyclic) bond motifs is 1. The molecule has 6 nitrogen and oxygen atoms in total. The second-order valence-electron chi connectivity index (χ2n) is 4.33. The molecule has 0 unspecified atom stereocenters. The summed E-state index contributed by atoms with van der Waals surface area (Å²) in [4.78, 5) is 3.85. The Kier molecular flexibility index (Phi) is 3.61. The highest BCUT2D eigenvalue weighted by Gasteiger charge is 2.18. The van der Waals surface area contributed by atoms with E-state index in [1.54, 1.807) is 12.1 Å². The third kappa shape index (κ3) is 2.62. The van der Waals surface area contributed by atoms with E-state index < -0.39 is 6.55 Å². The third-order valence-electron chi connectivity index (χ3n) is 3.09. The molecule has 21 heavy (non-hydrogen) atoms. The molecule has 2 N–H and O–H groups in total. The predicted molar refractivity (Wildman–Crippen MR) is 68.3 cm³/mol. The van der Waals surface area contributed by atoms with Crippen LogP contribution in [0, 0.1) is 0 Å². The number of alkyl halides is 2. The minimum absolute atomic E-state index is 0.0933. The second kappa shape index (κ2) is 5.57. The Morgan fingerprint density at radius 1 is 1.33 bits per heavy atom. The zero-order valence-electron chi connectivity index (χ0n) is 11.0. The van der Waals surface area contributed by atoms with Crippen LogP contribution in [0.3, 0.4) is 0 Å². The molecule has 1 aromatic carbocycles. The molecule has 0 radical (unpaired) electrons. The van der Waals surface area contributed by atoms with Crippen LogP contribution >= 0.6 is 0 Å². The summed E-state index contributed by atoms with van der Waals surface area (Å²) in [5, 5.41) is 0. The normalized spacial score (nSPS) is 13.0. The highest BCUT2D eigenvalue weighted by Crippen LogP contribution is 2.38. The Balaban J connectivity index is 1.80. The second-order valence-corrected chi connectivity index (χ2v) is 4.33. The lowest BCUT2D eigenvalue weighted by Crippen LogP contribution is -2.09. The average Bonchev–Trinajstić information content (AvgIpc) is 3.12. The van der Waals surface area contributed by atoms with Gasteiger partial charge < -0.3 is 19.9 Å². The summed E-state index contributed by atoms with van der Waals surface area (Å²) >= 11 is 0. The SMILES string of the molecule is NCc1cc2c(cc1OCc1nccn1C(F)F)OCO2. The number of aromatic nitrogens is 2. The van der Waals surface area contributed by atoms with Crippen molar-refractivity contribution in [2.24, 2.45) is 5.73 Å². The Morgan fingerprint density at radius 3 is 2.81 bits per heavy atom. The van der Waals surface area contributed by atoms with Crippen LogP contribution in [0.1, 0.15) is 17.9 Å². The standard InChI is InChI=1S/C13H13F2N3O3/c14-13(15)18-2-1-17-12(18)6-19-9-4-11-10(20-7-21-11)3-8(9)5-16/h1-4,13H,5-7,16H2. The zero-order chi connectivity index (χ0) is 14.8. The Labute approximate surface area is 119 Å². The van der Waals surface area contributed by atoms with Gasteiger partial charge in [-0.05, 0) is 6.07 Å². The first-order valence-electron chi connectivity index (χ1n) is 6.24. The quantitative estimate of drug-likeness (QED) is 0.914. The molecule has 0 amide bonds. The lowest BCUT2D eigenvalue weighted by atomic mass is 10.2. The topological polar surface area (TPSA) is 71.5 Å². The molecule has 1 aliphatic rings. The van der Waals surface area contributed by atoms with E-state index in [0.29, 0.717) is 22.8 Å². The highest BCUT2D eigenvalue weighted by atomic mass is 19.3. The fourth-order valence-electron chi connectivity index (χ4n) is 2.04. The van der Waals surface area contributed by atoms with Gasteiger partial charge in [0.15, 0.2) is 17.3 Å². The molecule has 8 heteroatoms. The minimum Gasteiger partial charge on any atom is -0.485 e. The summed E-state index contributed by atoms with van der Waals surface area (Å²) in [5.41, 5.74) is 6.36. The van der Waals surface area contributed by atoms with E-state index in [1.807, 2.05) is 0 Å². The molecule has 2 heterocycles. The van der Waals surface area contributed by atoms with Crippen LogP contribution in [0.5, 0.6) is 17.2 Å². The third-order valence-corrected chi connectivity index (χ3v) is 3.09. The van der Waals surface area contributed by atoms with Crippen molar-refractivity contribution < 1.29 is 23.0 Å². The van der Waals surface area contributed by atoms with Gasteiger partial charge in [-0.1, -0.05) is 0 Å². The molecule has 0 atom stereocenters. The lowest BCUT2D eigenvalue weighted by molar-refractivity contribution is 0.0632. The molecule has 0 saturated carbocycles. The fraction of sp³-hybridized carbons (Fsp3) is 0.308. The van der Waals surface area contributed by atoms with E-state index in [4.69, 9.17) is 19.9 Å². The predicted octanol–water partition coefficient (Wildman–Crippen LogP) is 2.04. The van der Waals surface area contributed by atoms with Gasteiger partial charge in [0.1, 0.15) is 12.4 Å². The Morgan fingerprint density at radius 2 is 2.10 bits per heavy atom. The molecule has 3 rings (SSSR count). The number of nitrogens with zero attached hydrogens (tertiary/aromatic N) is 2. The number of nitrogens with two attached hydrogens (primary N) is 1. The molecular weight excluding hydrogens is 284 g/mol. The van der Waals surface area contributed by atoms with Crippen LogP contribution in [0.2, 0.25) is 0 Å². The van der Waals surface area contributed by atoms with Gasteiger partial charge in [-0.15, -0.1) is 0 Å². The maximum Gasteiger partial charge on any atom is 0.320 e. The van der Waals surface area contributed by atoms with Crippen LogP contribution in [-0.4, -0.2) is 16.3 Å². The summed E-state index contributed by atoms with van der Waals surface area (Å²) in [5.74, 6) is 1.73. The van der Waals surface area contributed by atoms with Crippen molar-refractivity contribution in [2.45, 2.75) is 19.7 Å². The van der Waals surface area contributed by atoms with Crippen molar-refractivity contribution in [3.05, 3.63) is 35.9 Å². The highest BCUT2D eigenvalue weighted by molar-refractivity contribution is 5.51. The molecule has 1 aromatic heterocycles. The number of halogens is 2. The van der Waals surface area contributed by atoms with Gasteiger partial charge in [-0.3, -0.25) is 4.57 Å². The van der Waals surface area contributed by atoms with Crippen LogP contribution in [0.25, 0.3) is 0 Å². The number of hydrogen-bond acceptors (Lipinski definition) is 5. The van der Waals surface area contributed by atoms with Crippen molar-refractivity contribution in [3.8, 4) is 17.2 Å². The number of ether oxygens (including phenoxy) is 3. The van der Waals surface area contributed by atoms with Gasteiger partial charge in [0, 0.05) is 30.6 Å². The molecular formula is C13H13F2N3O3. The van der Waals surface area contributed by atoms with E-state index in [9.17, 15) is 8.78 Å². The minimum atomic E-state index is -2.66. The number of imidazole rings is 1. The molecule has 0 spiro atoms. The van der Waals surface area contributed by atoms with E-state index in [2.05, 4.69) is 4.98 Å². The molecule has 112 valence electrons.